The third-order valence-corrected chi connectivity index (χ3v) is 3.27. The minimum atomic E-state index is -0.450. The second-order valence-corrected chi connectivity index (χ2v) is 4.89. The monoisotopic (exact) mass is 305 g/mol. The van der Waals surface area contributed by atoms with Crippen LogP contribution in [0, 0.1) is 0 Å². The normalized spacial score (nSPS) is 15.8. The van der Waals surface area contributed by atoms with E-state index in [9.17, 15) is 4.79 Å². The van der Waals surface area contributed by atoms with Crippen molar-refractivity contribution in [2.45, 2.75) is 0 Å². The van der Waals surface area contributed by atoms with Crippen molar-refractivity contribution in [1.29, 1.82) is 0 Å². The van der Waals surface area contributed by atoms with E-state index in [2.05, 4.69) is 4.99 Å². The van der Waals surface area contributed by atoms with Gasteiger partial charge in [-0.15, -0.1) is 0 Å². The minimum Gasteiger partial charge on any atom is -0.497 e. The molecule has 0 N–H and O–H groups in total. The highest BCUT2D eigenvalue weighted by atomic mass is 16.6. The number of hydrogen-bond donors (Lipinski definition) is 0. The zero-order valence-electron chi connectivity index (χ0n) is 12.6. The summed E-state index contributed by atoms with van der Waals surface area (Å²) < 4.78 is 10.2. The van der Waals surface area contributed by atoms with Gasteiger partial charge in [0.05, 0.1) is 7.11 Å². The van der Waals surface area contributed by atoms with Gasteiger partial charge in [-0.3, -0.25) is 0 Å². The largest absolute Gasteiger partial charge is 0.497 e. The summed E-state index contributed by atoms with van der Waals surface area (Å²) in [5.74, 6) is 0.600. The van der Waals surface area contributed by atoms with Gasteiger partial charge in [0, 0.05) is 6.08 Å². The molecule has 23 heavy (non-hydrogen) atoms. The Morgan fingerprint density at radius 3 is 2.39 bits per heavy atom. The molecule has 0 unspecified atom stereocenters. The first-order valence-electron chi connectivity index (χ1n) is 7.14. The molecule has 0 atom stereocenters. The number of carbonyl (C=O) groups excluding carboxylic acids is 1. The van der Waals surface area contributed by atoms with Crippen LogP contribution in [0.25, 0.3) is 12.2 Å². The molecule has 114 valence electrons. The van der Waals surface area contributed by atoms with Gasteiger partial charge < -0.3 is 9.47 Å². The molecule has 0 fully saturated rings. The van der Waals surface area contributed by atoms with Crippen LogP contribution in [0.4, 0.5) is 0 Å². The molecule has 0 aliphatic carbocycles. The Balaban J connectivity index is 1.77. The molecule has 0 bridgehead atoms. The third kappa shape index (κ3) is 3.74. The lowest BCUT2D eigenvalue weighted by molar-refractivity contribution is -0.129. The molecule has 0 saturated heterocycles. The van der Waals surface area contributed by atoms with Gasteiger partial charge in [-0.05, 0) is 35.4 Å². The van der Waals surface area contributed by atoms with Crippen LogP contribution in [0.5, 0.6) is 5.75 Å². The zero-order valence-corrected chi connectivity index (χ0v) is 12.6. The molecule has 1 heterocycles. The van der Waals surface area contributed by atoms with E-state index in [1.54, 1.807) is 19.3 Å². The Bertz CT molecular complexity index is 787. The number of esters is 1. The maximum atomic E-state index is 11.9. The molecule has 1 aliphatic rings. The lowest BCUT2D eigenvalue weighted by atomic mass is 10.2. The van der Waals surface area contributed by atoms with Crippen molar-refractivity contribution < 1.29 is 14.3 Å². The molecule has 0 radical (unpaired) electrons. The topological polar surface area (TPSA) is 47.9 Å². The van der Waals surface area contributed by atoms with Gasteiger partial charge in [0.15, 0.2) is 5.70 Å². The Kier molecular flexibility index (Phi) is 4.34. The number of cyclic esters (lactones) is 1. The molecule has 1 aliphatic heterocycles. The number of aliphatic imine (C=N–C) groups is 1. The van der Waals surface area contributed by atoms with Crippen LogP contribution < -0.4 is 4.74 Å². The minimum absolute atomic E-state index is 0.280. The molecule has 0 spiro atoms. The molecule has 0 amide bonds. The SMILES string of the molecule is COc1ccc(C=C2N=C(C=Cc3ccccc3)OC2=O)cc1. The number of ether oxygens (including phenoxy) is 2. The molecule has 3 rings (SSSR count). The average molecular weight is 305 g/mol. The summed E-state index contributed by atoms with van der Waals surface area (Å²) in [7, 11) is 1.61. The first-order valence-corrected chi connectivity index (χ1v) is 7.14. The van der Waals surface area contributed by atoms with Crippen LogP contribution in [-0.2, 0) is 9.53 Å². The fourth-order valence-corrected chi connectivity index (χ4v) is 2.09. The summed E-state index contributed by atoms with van der Waals surface area (Å²) in [4.78, 5) is 16.1. The van der Waals surface area contributed by atoms with E-state index in [0.717, 1.165) is 16.9 Å². The average Bonchev–Trinajstić information content (AvgIpc) is 2.94. The van der Waals surface area contributed by atoms with Crippen LogP contribution >= 0.6 is 0 Å². The molecule has 2 aromatic carbocycles. The van der Waals surface area contributed by atoms with Crippen molar-refractivity contribution in [3.05, 3.63) is 77.5 Å². The van der Waals surface area contributed by atoms with Crippen LogP contribution in [0.3, 0.4) is 0 Å². The molecule has 4 heteroatoms. The number of hydrogen-bond acceptors (Lipinski definition) is 4. The molecular weight excluding hydrogens is 290 g/mol. The molecule has 0 aromatic heterocycles. The Labute approximate surface area is 134 Å². The van der Waals surface area contributed by atoms with Gasteiger partial charge in [-0.25, -0.2) is 9.79 Å². The summed E-state index contributed by atoms with van der Waals surface area (Å²) in [6.45, 7) is 0. The van der Waals surface area contributed by atoms with E-state index < -0.39 is 5.97 Å². The van der Waals surface area contributed by atoms with Gasteiger partial charge in [0.2, 0.25) is 5.90 Å². The van der Waals surface area contributed by atoms with Gasteiger partial charge >= 0.3 is 5.97 Å². The summed E-state index contributed by atoms with van der Waals surface area (Å²) in [6, 6.07) is 17.1. The maximum Gasteiger partial charge on any atom is 0.363 e. The number of rotatable bonds is 4. The predicted molar refractivity (Wildman–Crippen MR) is 90.0 cm³/mol. The van der Waals surface area contributed by atoms with Crippen LogP contribution in [0.1, 0.15) is 11.1 Å². The van der Waals surface area contributed by atoms with Crippen LogP contribution in [0.2, 0.25) is 0 Å². The summed E-state index contributed by atoms with van der Waals surface area (Å²) in [5, 5.41) is 0. The van der Waals surface area contributed by atoms with E-state index >= 15 is 0 Å². The molecule has 0 saturated carbocycles. The molecule has 2 aromatic rings. The van der Waals surface area contributed by atoms with E-state index in [-0.39, 0.29) is 5.70 Å². The number of benzene rings is 2. The standard InChI is InChI=1S/C19H15NO3/c1-22-16-10-7-15(8-11-16)13-17-19(21)23-18(20-17)12-9-14-5-3-2-4-6-14/h2-13H,1H3. The van der Waals surface area contributed by atoms with E-state index in [1.807, 2.05) is 60.7 Å². The maximum absolute atomic E-state index is 11.9. The fraction of sp³-hybridized carbons (Fsp3) is 0.0526. The molecular formula is C19H15NO3. The number of nitrogens with zero attached hydrogens (tertiary/aromatic N) is 1. The van der Waals surface area contributed by atoms with Gasteiger partial charge in [-0.2, -0.15) is 0 Å². The smallest absolute Gasteiger partial charge is 0.363 e. The molecule has 4 nitrogen and oxygen atoms in total. The van der Waals surface area contributed by atoms with Crippen molar-refractivity contribution in [3.63, 3.8) is 0 Å². The van der Waals surface area contributed by atoms with Gasteiger partial charge in [0.25, 0.3) is 0 Å². The van der Waals surface area contributed by atoms with Crippen molar-refractivity contribution in [1.82, 2.24) is 0 Å². The highest BCUT2D eigenvalue weighted by Crippen LogP contribution is 2.18. The number of methoxy groups -OCH3 is 1. The van der Waals surface area contributed by atoms with Gasteiger partial charge in [-0.1, -0.05) is 42.5 Å². The first kappa shape index (κ1) is 14.8. The summed E-state index contributed by atoms with van der Waals surface area (Å²) in [5.41, 5.74) is 2.15. The van der Waals surface area contributed by atoms with Crippen LogP contribution in [-0.4, -0.2) is 19.0 Å². The van der Waals surface area contributed by atoms with Gasteiger partial charge in [0.1, 0.15) is 5.75 Å². The third-order valence-electron chi connectivity index (χ3n) is 3.27. The highest BCUT2D eigenvalue weighted by Gasteiger charge is 2.20. The second kappa shape index (κ2) is 6.75. The lowest BCUT2D eigenvalue weighted by Gasteiger charge is -1.99. The Morgan fingerprint density at radius 2 is 1.70 bits per heavy atom. The van der Waals surface area contributed by atoms with Crippen LogP contribution in [0.15, 0.2) is 71.4 Å². The Hall–Kier alpha value is -3.14. The van der Waals surface area contributed by atoms with E-state index in [4.69, 9.17) is 9.47 Å². The predicted octanol–water partition coefficient (Wildman–Crippen LogP) is 3.70. The number of carbonyl (C=O) groups is 1. The van der Waals surface area contributed by atoms with Crippen molar-refractivity contribution >= 4 is 24.0 Å². The van der Waals surface area contributed by atoms with E-state index in [0.29, 0.717) is 5.90 Å². The quantitative estimate of drug-likeness (QED) is 0.639. The van der Waals surface area contributed by atoms with Crippen molar-refractivity contribution in [3.8, 4) is 5.75 Å². The zero-order chi connectivity index (χ0) is 16.1. The summed E-state index contributed by atoms with van der Waals surface area (Å²) >= 11 is 0. The lowest BCUT2D eigenvalue weighted by Crippen LogP contribution is -2.01. The van der Waals surface area contributed by atoms with Crippen molar-refractivity contribution in [2.24, 2.45) is 4.99 Å². The fourth-order valence-electron chi connectivity index (χ4n) is 2.09. The summed E-state index contributed by atoms with van der Waals surface area (Å²) in [6.07, 6.45) is 5.22. The Morgan fingerprint density at radius 1 is 0.957 bits per heavy atom. The van der Waals surface area contributed by atoms with Crippen molar-refractivity contribution in [2.75, 3.05) is 7.11 Å². The first-order chi connectivity index (χ1) is 11.2. The van der Waals surface area contributed by atoms with E-state index in [1.165, 1.54) is 0 Å². The highest BCUT2D eigenvalue weighted by molar-refractivity contribution is 6.11. The second-order valence-electron chi connectivity index (χ2n) is 4.89.